The highest BCUT2D eigenvalue weighted by Crippen LogP contribution is 2.19. The van der Waals surface area contributed by atoms with Crippen LogP contribution in [0.2, 0.25) is 0 Å². The van der Waals surface area contributed by atoms with Crippen molar-refractivity contribution in [1.82, 2.24) is 25.4 Å². The Balaban J connectivity index is 0.00000288. The van der Waals surface area contributed by atoms with E-state index in [0.717, 1.165) is 51.4 Å². The number of nitrogens with zero attached hydrogens (tertiary/aromatic N) is 4. The third-order valence-electron chi connectivity index (χ3n) is 4.03. The maximum Gasteiger partial charge on any atom is 0.191 e. The minimum absolute atomic E-state index is 0. The highest BCUT2D eigenvalue weighted by Gasteiger charge is 2.04. The molecular weight excluding hydrogens is 415 g/mol. The van der Waals surface area contributed by atoms with Crippen molar-refractivity contribution in [3.63, 3.8) is 0 Å². The SMILES string of the molecule is CCNC(=NCCCCn1cnnc1)NCCC1=CCCCC1.I. The summed E-state index contributed by atoms with van der Waals surface area (Å²) in [5.74, 6) is 0.938. The summed E-state index contributed by atoms with van der Waals surface area (Å²) in [4.78, 5) is 4.65. The van der Waals surface area contributed by atoms with Crippen molar-refractivity contribution in [2.24, 2.45) is 4.99 Å². The molecular formula is C17H31IN6. The molecule has 0 saturated heterocycles. The van der Waals surface area contributed by atoms with E-state index in [2.05, 4.69) is 38.8 Å². The number of rotatable bonds is 9. The van der Waals surface area contributed by atoms with Gasteiger partial charge in [-0.25, -0.2) is 0 Å². The van der Waals surface area contributed by atoms with Crippen molar-refractivity contribution >= 4 is 29.9 Å². The first-order chi connectivity index (χ1) is 11.4. The third-order valence-corrected chi connectivity index (χ3v) is 4.03. The maximum absolute atomic E-state index is 4.65. The van der Waals surface area contributed by atoms with Gasteiger partial charge in [-0.15, -0.1) is 34.2 Å². The Morgan fingerprint density at radius 3 is 2.75 bits per heavy atom. The first-order valence-corrected chi connectivity index (χ1v) is 8.91. The number of unbranched alkanes of at least 4 members (excludes halogenated alkanes) is 1. The molecule has 1 aromatic heterocycles. The van der Waals surface area contributed by atoms with Crippen LogP contribution in [0, 0.1) is 0 Å². The Kier molecular flexibility index (Phi) is 11.5. The van der Waals surface area contributed by atoms with Crippen LogP contribution in [0.15, 0.2) is 29.3 Å². The van der Waals surface area contributed by atoms with Crippen LogP contribution in [0.3, 0.4) is 0 Å². The standard InChI is InChI=1S/C17H30N6.HI/c1-2-18-17(20-12-10-16-8-4-3-5-9-16)19-11-6-7-13-23-14-21-22-15-23;/h8,14-15H,2-7,9-13H2,1H3,(H2,18,19,20);1H. The molecule has 24 heavy (non-hydrogen) atoms. The summed E-state index contributed by atoms with van der Waals surface area (Å²) in [6.07, 6.45) is 14.5. The Morgan fingerprint density at radius 1 is 1.21 bits per heavy atom. The molecule has 0 fully saturated rings. The fourth-order valence-corrected chi connectivity index (χ4v) is 2.75. The lowest BCUT2D eigenvalue weighted by molar-refractivity contribution is 0.611. The van der Waals surface area contributed by atoms with Gasteiger partial charge in [-0.2, -0.15) is 0 Å². The Morgan fingerprint density at radius 2 is 2.04 bits per heavy atom. The van der Waals surface area contributed by atoms with E-state index in [0.29, 0.717) is 0 Å². The zero-order chi connectivity index (χ0) is 16.2. The van der Waals surface area contributed by atoms with E-state index in [1.807, 2.05) is 4.57 Å². The van der Waals surface area contributed by atoms with Gasteiger partial charge < -0.3 is 15.2 Å². The van der Waals surface area contributed by atoms with Gasteiger partial charge in [-0.1, -0.05) is 11.6 Å². The molecule has 1 aromatic rings. The van der Waals surface area contributed by atoms with Crippen molar-refractivity contribution < 1.29 is 0 Å². The summed E-state index contributed by atoms with van der Waals surface area (Å²) < 4.78 is 2.01. The van der Waals surface area contributed by atoms with Crippen LogP contribution in [0.4, 0.5) is 0 Å². The van der Waals surface area contributed by atoms with Crippen molar-refractivity contribution in [3.05, 3.63) is 24.3 Å². The van der Waals surface area contributed by atoms with E-state index in [9.17, 15) is 0 Å². The van der Waals surface area contributed by atoms with Gasteiger partial charge >= 0.3 is 0 Å². The summed E-state index contributed by atoms with van der Waals surface area (Å²) in [5.41, 5.74) is 1.61. The van der Waals surface area contributed by atoms with Crippen LogP contribution in [0.1, 0.15) is 51.9 Å². The number of halogens is 1. The van der Waals surface area contributed by atoms with Gasteiger partial charge in [0.15, 0.2) is 5.96 Å². The van der Waals surface area contributed by atoms with Crippen molar-refractivity contribution in [2.75, 3.05) is 19.6 Å². The Labute approximate surface area is 162 Å². The molecule has 0 spiro atoms. The first kappa shape index (κ1) is 20.9. The fraction of sp³-hybridized carbons (Fsp3) is 0.706. The van der Waals surface area contributed by atoms with Gasteiger partial charge in [0.05, 0.1) is 0 Å². The number of hydrogen-bond acceptors (Lipinski definition) is 3. The average Bonchev–Trinajstić information content (AvgIpc) is 3.09. The number of aryl methyl sites for hydroxylation is 1. The predicted molar refractivity (Wildman–Crippen MR) is 110 cm³/mol. The smallest absolute Gasteiger partial charge is 0.191 e. The lowest BCUT2D eigenvalue weighted by atomic mass is 9.97. The normalized spacial score (nSPS) is 14.7. The van der Waals surface area contributed by atoms with Crippen molar-refractivity contribution in [2.45, 2.75) is 58.4 Å². The van der Waals surface area contributed by atoms with Crippen LogP contribution in [0.25, 0.3) is 0 Å². The molecule has 0 atom stereocenters. The molecule has 0 aromatic carbocycles. The fourth-order valence-electron chi connectivity index (χ4n) is 2.75. The Bertz CT molecular complexity index is 483. The van der Waals surface area contributed by atoms with Gasteiger partial charge in [0.25, 0.3) is 0 Å². The first-order valence-electron chi connectivity index (χ1n) is 8.91. The van der Waals surface area contributed by atoms with Gasteiger partial charge in [-0.3, -0.25) is 4.99 Å². The second kappa shape index (κ2) is 13.2. The van der Waals surface area contributed by atoms with Gasteiger partial charge in [-0.05, 0) is 51.9 Å². The topological polar surface area (TPSA) is 67.1 Å². The van der Waals surface area contributed by atoms with Gasteiger partial charge in [0.1, 0.15) is 12.7 Å². The second-order valence-corrected chi connectivity index (χ2v) is 5.95. The molecule has 0 saturated carbocycles. The highest BCUT2D eigenvalue weighted by atomic mass is 127. The van der Waals surface area contributed by atoms with E-state index >= 15 is 0 Å². The number of hydrogen-bond donors (Lipinski definition) is 2. The zero-order valence-corrected chi connectivity index (χ0v) is 17.0. The monoisotopic (exact) mass is 446 g/mol. The molecule has 0 unspecified atom stereocenters. The molecule has 1 heterocycles. The minimum atomic E-state index is 0. The summed E-state index contributed by atoms with van der Waals surface area (Å²) in [6.45, 7) is 5.78. The van der Waals surface area contributed by atoms with Crippen LogP contribution in [0.5, 0.6) is 0 Å². The van der Waals surface area contributed by atoms with Crippen molar-refractivity contribution in [1.29, 1.82) is 0 Å². The summed E-state index contributed by atoms with van der Waals surface area (Å²) >= 11 is 0. The molecule has 2 rings (SSSR count). The Hall–Kier alpha value is -1.12. The van der Waals surface area contributed by atoms with E-state index in [4.69, 9.17) is 0 Å². The largest absolute Gasteiger partial charge is 0.357 e. The van der Waals surface area contributed by atoms with Crippen LogP contribution >= 0.6 is 24.0 Å². The molecule has 2 N–H and O–H groups in total. The van der Waals surface area contributed by atoms with E-state index in [-0.39, 0.29) is 24.0 Å². The molecule has 0 amide bonds. The number of aliphatic imine (C=N–C) groups is 1. The molecule has 136 valence electrons. The zero-order valence-electron chi connectivity index (χ0n) is 14.7. The van der Waals surface area contributed by atoms with E-state index in [1.54, 1.807) is 18.2 Å². The quantitative estimate of drug-likeness (QED) is 0.201. The van der Waals surface area contributed by atoms with E-state index < -0.39 is 0 Å². The number of aromatic nitrogens is 3. The van der Waals surface area contributed by atoms with Crippen LogP contribution in [-0.4, -0.2) is 40.4 Å². The summed E-state index contributed by atoms with van der Waals surface area (Å²) in [7, 11) is 0. The lowest BCUT2D eigenvalue weighted by Crippen LogP contribution is -2.38. The molecule has 7 heteroatoms. The molecule has 0 radical (unpaired) electrons. The van der Waals surface area contributed by atoms with Crippen LogP contribution in [-0.2, 0) is 6.54 Å². The number of guanidine groups is 1. The average molecular weight is 446 g/mol. The maximum atomic E-state index is 4.65. The molecule has 0 bridgehead atoms. The second-order valence-electron chi connectivity index (χ2n) is 5.95. The van der Waals surface area contributed by atoms with Crippen molar-refractivity contribution in [3.8, 4) is 0 Å². The lowest BCUT2D eigenvalue weighted by Gasteiger charge is -2.15. The third kappa shape index (κ3) is 8.65. The van der Waals surface area contributed by atoms with E-state index in [1.165, 1.54) is 25.7 Å². The number of allylic oxidation sites excluding steroid dienone is 1. The summed E-state index contributed by atoms with van der Waals surface area (Å²) in [5, 5.41) is 14.4. The van der Waals surface area contributed by atoms with Crippen LogP contribution < -0.4 is 10.6 Å². The molecule has 0 aliphatic heterocycles. The summed E-state index contributed by atoms with van der Waals surface area (Å²) in [6, 6.07) is 0. The predicted octanol–water partition coefficient (Wildman–Crippen LogP) is 3.12. The number of nitrogens with one attached hydrogen (secondary N) is 2. The minimum Gasteiger partial charge on any atom is -0.357 e. The highest BCUT2D eigenvalue weighted by molar-refractivity contribution is 14.0. The van der Waals surface area contributed by atoms with Gasteiger partial charge in [0, 0.05) is 26.2 Å². The molecule has 1 aliphatic rings. The van der Waals surface area contributed by atoms with Gasteiger partial charge in [0.2, 0.25) is 0 Å². The molecule has 1 aliphatic carbocycles. The molecule has 6 nitrogen and oxygen atoms in total.